The highest BCUT2D eigenvalue weighted by atomic mass is 32.1. The van der Waals surface area contributed by atoms with Crippen LogP contribution in [0.5, 0.6) is 5.75 Å². The number of rotatable bonds is 3. The Labute approximate surface area is 174 Å². The number of para-hydroxylation sites is 1. The van der Waals surface area contributed by atoms with E-state index in [1.807, 2.05) is 0 Å². The predicted octanol–water partition coefficient (Wildman–Crippen LogP) is 4.05. The number of hydrogen-bond acceptors (Lipinski definition) is 6. The van der Waals surface area contributed by atoms with E-state index in [0.717, 1.165) is 17.4 Å². The van der Waals surface area contributed by atoms with Gasteiger partial charge in [0.2, 0.25) is 0 Å². The Kier molecular flexibility index (Phi) is 5.29. The number of benzene rings is 1. The summed E-state index contributed by atoms with van der Waals surface area (Å²) in [5.41, 5.74) is 5.45. The number of nitrogens with two attached hydrogens (primary N) is 1. The number of nitrogen functional groups attached to an aromatic ring is 1. The van der Waals surface area contributed by atoms with Gasteiger partial charge >= 0.3 is 6.18 Å². The Bertz CT molecular complexity index is 1110. The second kappa shape index (κ2) is 7.77. The minimum absolute atomic E-state index is 0.0554. The van der Waals surface area contributed by atoms with Crippen LogP contribution in [0.15, 0.2) is 30.3 Å². The van der Waals surface area contributed by atoms with E-state index in [2.05, 4.69) is 4.98 Å². The minimum Gasteiger partial charge on any atom is -0.496 e. The highest BCUT2D eigenvalue weighted by Gasteiger charge is 2.37. The van der Waals surface area contributed by atoms with E-state index < -0.39 is 17.6 Å². The number of ether oxygens (including phenoxy) is 2. The summed E-state index contributed by atoms with van der Waals surface area (Å²) in [4.78, 5) is 18.9. The number of halogens is 3. The van der Waals surface area contributed by atoms with Gasteiger partial charge in [-0.25, -0.2) is 4.98 Å². The number of nitrogens with zero attached hydrogens (tertiary/aromatic N) is 2. The van der Waals surface area contributed by atoms with Gasteiger partial charge in [0.1, 0.15) is 15.5 Å². The van der Waals surface area contributed by atoms with Crippen LogP contribution < -0.4 is 10.5 Å². The average molecular weight is 437 g/mol. The van der Waals surface area contributed by atoms with Crippen molar-refractivity contribution >= 4 is 33.1 Å². The Hall–Kier alpha value is -2.85. The van der Waals surface area contributed by atoms with Gasteiger partial charge in [-0.15, -0.1) is 11.3 Å². The van der Waals surface area contributed by atoms with Gasteiger partial charge in [-0.1, -0.05) is 12.1 Å². The fourth-order valence-electron chi connectivity index (χ4n) is 3.41. The molecule has 0 saturated carbocycles. The molecule has 2 aromatic heterocycles. The molecule has 10 heteroatoms. The van der Waals surface area contributed by atoms with Gasteiger partial charge in [-0.05, 0) is 18.2 Å². The first-order chi connectivity index (χ1) is 14.3. The maximum atomic E-state index is 13.9. The molecule has 0 radical (unpaired) electrons. The maximum absolute atomic E-state index is 13.9. The summed E-state index contributed by atoms with van der Waals surface area (Å²) >= 11 is 0.869. The number of carbonyl (C=O) groups is 1. The van der Waals surface area contributed by atoms with E-state index in [0.29, 0.717) is 37.6 Å². The molecule has 3 aromatic rings. The Morgan fingerprint density at radius 3 is 2.63 bits per heavy atom. The zero-order valence-electron chi connectivity index (χ0n) is 16.0. The lowest BCUT2D eigenvalue weighted by Crippen LogP contribution is -2.40. The number of morpholine rings is 1. The highest BCUT2D eigenvalue weighted by molar-refractivity contribution is 7.21. The molecule has 0 spiro atoms. The monoisotopic (exact) mass is 437 g/mol. The molecular weight excluding hydrogens is 419 g/mol. The number of fused-ring (bicyclic) bond motifs is 1. The molecule has 158 valence electrons. The molecule has 4 rings (SSSR count). The standard InChI is InChI=1S/C20H18F3N3O3S/c1-28-14-5-3-2-4-11(14)13-10-12(20(21,22)23)15-16(24)17(30-18(15)25-13)19(27)26-6-8-29-9-7-26/h2-5,10H,6-9,24H2,1H3. The summed E-state index contributed by atoms with van der Waals surface area (Å²) in [6, 6.07) is 7.63. The van der Waals surface area contributed by atoms with Crippen LogP contribution in [0, 0.1) is 0 Å². The second-order valence-electron chi connectivity index (χ2n) is 6.68. The van der Waals surface area contributed by atoms with Gasteiger partial charge in [0.05, 0.1) is 37.3 Å². The molecule has 1 saturated heterocycles. The first-order valence-electron chi connectivity index (χ1n) is 9.12. The number of hydrogen-bond donors (Lipinski definition) is 1. The Morgan fingerprint density at radius 1 is 1.27 bits per heavy atom. The number of pyridine rings is 1. The molecule has 0 atom stereocenters. The smallest absolute Gasteiger partial charge is 0.417 e. The predicted molar refractivity (Wildman–Crippen MR) is 108 cm³/mol. The van der Waals surface area contributed by atoms with Crippen LogP contribution in [0.25, 0.3) is 21.5 Å². The topological polar surface area (TPSA) is 77.7 Å². The number of methoxy groups -OCH3 is 1. The normalized spacial score (nSPS) is 14.9. The number of alkyl halides is 3. The Balaban J connectivity index is 1.91. The summed E-state index contributed by atoms with van der Waals surface area (Å²) in [5.74, 6) is -0.0163. The molecule has 6 nitrogen and oxygen atoms in total. The van der Waals surface area contributed by atoms with E-state index in [1.54, 1.807) is 24.3 Å². The van der Waals surface area contributed by atoms with Crippen LogP contribution in [0.1, 0.15) is 15.2 Å². The molecule has 1 aliphatic rings. The molecule has 30 heavy (non-hydrogen) atoms. The van der Waals surface area contributed by atoms with E-state index >= 15 is 0 Å². The van der Waals surface area contributed by atoms with Crippen molar-refractivity contribution in [3.63, 3.8) is 0 Å². The van der Waals surface area contributed by atoms with Crippen LogP contribution >= 0.6 is 11.3 Å². The van der Waals surface area contributed by atoms with E-state index in [1.165, 1.54) is 12.0 Å². The van der Waals surface area contributed by atoms with Crippen molar-refractivity contribution in [2.45, 2.75) is 6.18 Å². The molecule has 1 aromatic carbocycles. The van der Waals surface area contributed by atoms with E-state index in [-0.39, 0.29) is 26.5 Å². The highest BCUT2D eigenvalue weighted by Crippen LogP contribution is 2.44. The quantitative estimate of drug-likeness (QED) is 0.669. The molecule has 1 amide bonds. The van der Waals surface area contributed by atoms with Crippen molar-refractivity contribution < 1.29 is 27.4 Å². The van der Waals surface area contributed by atoms with Gasteiger partial charge < -0.3 is 20.1 Å². The van der Waals surface area contributed by atoms with Crippen molar-refractivity contribution in [1.29, 1.82) is 0 Å². The summed E-state index contributed by atoms with van der Waals surface area (Å²) in [6.07, 6.45) is -4.67. The molecule has 0 bridgehead atoms. The number of amides is 1. The van der Waals surface area contributed by atoms with Crippen molar-refractivity contribution in [3.8, 4) is 17.0 Å². The average Bonchev–Trinajstić information content (AvgIpc) is 3.08. The fourth-order valence-corrected chi connectivity index (χ4v) is 4.50. The number of carbonyl (C=O) groups excluding carboxylic acids is 1. The van der Waals surface area contributed by atoms with Crippen molar-refractivity contribution in [1.82, 2.24) is 9.88 Å². The fraction of sp³-hybridized carbons (Fsp3) is 0.300. The first-order valence-corrected chi connectivity index (χ1v) is 9.93. The van der Waals surface area contributed by atoms with Gasteiger partial charge in [0, 0.05) is 24.0 Å². The Morgan fingerprint density at radius 2 is 1.97 bits per heavy atom. The molecule has 1 fully saturated rings. The first kappa shape index (κ1) is 20.4. The SMILES string of the molecule is COc1ccccc1-c1cc(C(F)(F)F)c2c(N)c(C(=O)N3CCOCC3)sc2n1. The summed E-state index contributed by atoms with van der Waals surface area (Å²) < 4.78 is 52.3. The summed E-state index contributed by atoms with van der Waals surface area (Å²) in [7, 11) is 1.43. The third-order valence-electron chi connectivity index (χ3n) is 4.88. The van der Waals surface area contributed by atoms with Crippen molar-refractivity contribution in [3.05, 3.63) is 40.8 Å². The zero-order chi connectivity index (χ0) is 21.5. The van der Waals surface area contributed by atoms with Gasteiger partial charge in [0.25, 0.3) is 5.91 Å². The van der Waals surface area contributed by atoms with E-state index in [9.17, 15) is 18.0 Å². The third-order valence-corrected chi connectivity index (χ3v) is 5.97. The second-order valence-corrected chi connectivity index (χ2v) is 7.68. The van der Waals surface area contributed by atoms with Crippen LogP contribution in [-0.4, -0.2) is 49.2 Å². The molecule has 1 aliphatic heterocycles. The molecule has 2 N–H and O–H groups in total. The minimum atomic E-state index is -4.67. The van der Waals surface area contributed by atoms with Crippen molar-refractivity contribution in [2.24, 2.45) is 0 Å². The van der Waals surface area contributed by atoms with Crippen LogP contribution in [0.3, 0.4) is 0 Å². The lowest BCUT2D eigenvalue weighted by Gasteiger charge is -2.26. The van der Waals surface area contributed by atoms with Crippen LogP contribution in [-0.2, 0) is 10.9 Å². The summed E-state index contributed by atoms with van der Waals surface area (Å²) in [5, 5.41) is -0.247. The number of aromatic nitrogens is 1. The summed E-state index contributed by atoms with van der Waals surface area (Å²) in [6.45, 7) is 1.47. The van der Waals surface area contributed by atoms with Gasteiger partial charge in [-0.3, -0.25) is 4.79 Å². The maximum Gasteiger partial charge on any atom is 0.417 e. The lowest BCUT2D eigenvalue weighted by molar-refractivity contribution is -0.136. The number of anilines is 1. The molecule has 3 heterocycles. The molecule has 0 unspecified atom stereocenters. The van der Waals surface area contributed by atoms with Gasteiger partial charge in [0.15, 0.2) is 0 Å². The third kappa shape index (κ3) is 3.56. The molecular formula is C20H18F3N3O3S. The lowest BCUT2D eigenvalue weighted by atomic mass is 10.0. The van der Waals surface area contributed by atoms with Gasteiger partial charge in [-0.2, -0.15) is 13.2 Å². The van der Waals surface area contributed by atoms with Crippen LogP contribution in [0.4, 0.5) is 18.9 Å². The number of thiophene rings is 1. The zero-order valence-corrected chi connectivity index (χ0v) is 16.8. The van der Waals surface area contributed by atoms with Crippen molar-refractivity contribution in [2.75, 3.05) is 39.1 Å². The largest absolute Gasteiger partial charge is 0.496 e. The van der Waals surface area contributed by atoms with Crippen LogP contribution in [0.2, 0.25) is 0 Å². The van der Waals surface area contributed by atoms with E-state index in [4.69, 9.17) is 15.2 Å². The molecule has 0 aliphatic carbocycles.